The molecule has 1 aromatic carbocycles. The van der Waals surface area contributed by atoms with Crippen molar-refractivity contribution in [2.24, 2.45) is 0 Å². The van der Waals surface area contributed by atoms with Crippen molar-refractivity contribution in [1.29, 1.82) is 0 Å². The highest BCUT2D eigenvalue weighted by molar-refractivity contribution is 9.12. The van der Waals surface area contributed by atoms with Crippen molar-refractivity contribution in [3.8, 4) is 11.5 Å². The summed E-state index contributed by atoms with van der Waals surface area (Å²) < 4.78 is 11.5. The Morgan fingerprint density at radius 2 is 2.05 bits per heavy atom. The lowest BCUT2D eigenvalue weighted by molar-refractivity contribution is -0.117. The number of amides is 1. The van der Waals surface area contributed by atoms with Crippen LogP contribution in [0.25, 0.3) is 0 Å². The highest BCUT2D eigenvalue weighted by Crippen LogP contribution is 2.30. The summed E-state index contributed by atoms with van der Waals surface area (Å²) in [6.45, 7) is 8.79. The molecule has 1 heterocycles. The Balaban J connectivity index is 2.02. The van der Waals surface area contributed by atoms with E-state index < -0.39 is 0 Å². The van der Waals surface area contributed by atoms with Crippen molar-refractivity contribution in [3.05, 3.63) is 59.1 Å². The van der Waals surface area contributed by atoms with Gasteiger partial charge in [0.2, 0.25) is 0 Å². The smallest absolute Gasteiger partial charge is 0.252 e. The van der Waals surface area contributed by atoms with E-state index in [1.165, 1.54) is 0 Å². The highest BCUT2D eigenvalue weighted by Gasteiger charge is 2.13. The van der Waals surface area contributed by atoms with Crippen LogP contribution in [0.1, 0.15) is 5.56 Å². The SMILES string of the molecule is C=C/C=C(\C(=C)Br)C(=O)NCc1ccc2c(c1)OCCO2. The molecule has 0 saturated heterocycles. The Morgan fingerprint density at radius 1 is 1.33 bits per heavy atom. The summed E-state index contributed by atoms with van der Waals surface area (Å²) in [6, 6.07) is 5.61. The molecule has 21 heavy (non-hydrogen) atoms. The lowest BCUT2D eigenvalue weighted by Crippen LogP contribution is -2.24. The number of carbonyl (C=O) groups excluding carboxylic acids is 1. The molecule has 1 amide bonds. The van der Waals surface area contributed by atoms with Crippen LogP contribution in [0.5, 0.6) is 11.5 Å². The molecule has 0 aromatic heterocycles. The maximum atomic E-state index is 12.1. The van der Waals surface area contributed by atoms with Gasteiger partial charge in [-0.25, -0.2) is 0 Å². The minimum Gasteiger partial charge on any atom is -0.486 e. The van der Waals surface area contributed by atoms with Gasteiger partial charge in [0.1, 0.15) is 13.2 Å². The standard InChI is InChI=1S/C16H16BrNO3/c1-3-4-13(11(2)17)16(19)18-10-12-5-6-14-15(9-12)21-8-7-20-14/h3-6,9H,1-2,7-8,10H2,(H,18,19)/b13-4+. The molecule has 1 aromatic rings. The van der Waals surface area contributed by atoms with E-state index in [9.17, 15) is 4.79 Å². The predicted octanol–water partition coefficient (Wildman–Crippen LogP) is 3.10. The molecule has 0 radical (unpaired) electrons. The maximum Gasteiger partial charge on any atom is 0.252 e. The average molecular weight is 350 g/mol. The van der Waals surface area contributed by atoms with Crippen molar-refractivity contribution in [1.82, 2.24) is 5.32 Å². The molecule has 1 aliphatic rings. The monoisotopic (exact) mass is 349 g/mol. The fourth-order valence-electron chi connectivity index (χ4n) is 1.88. The van der Waals surface area contributed by atoms with Crippen LogP contribution < -0.4 is 14.8 Å². The molecule has 0 atom stereocenters. The zero-order valence-electron chi connectivity index (χ0n) is 11.5. The van der Waals surface area contributed by atoms with Gasteiger partial charge >= 0.3 is 0 Å². The summed E-state index contributed by atoms with van der Waals surface area (Å²) in [5.74, 6) is 1.23. The van der Waals surface area contributed by atoms with Gasteiger partial charge in [-0.3, -0.25) is 4.79 Å². The molecule has 0 saturated carbocycles. The van der Waals surface area contributed by atoms with Crippen LogP contribution in [0.3, 0.4) is 0 Å². The number of nitrogens with one attached hydrogen (secondary N) is 1. The first kappa shape index (κ1) is 15.4. The van der Waals surface area contributed by atoms with Crippen LogP contribution in [0.15, 0.2) is 53.6 Å². The van der Waals surface area contributed by atoms with E-state index in [-0.39, 0.29) is 5.91 Å². The Hall–Kier alpha value is -2.01. The summed E-state index contributed by atoms with van der Waals surface area (Å²) in [4.78, 5) is 12.1. The Labute approximate surface area is 132 Å². The van der Waals surface area contributed by atoms with Gasteiger partial charge < -0.3 is 14.8 Å². The molecule has 4 nitrogen and oxygen atoms in total. The van der Waals surface area contributed by atoms with Crippen LogP contribution in [-0.4, -0.2) is 19.1 Å². The molecule has 0 unspecified atom stereocenters. The summed E-state index contributed by atoms with van der Waals surface area (Å²) >= 11 is 3.21. The molecule has 0 bridgehead atoms. The Kier molecular flexibility index (Phi) is 5.22. The second-order valence-electron chi connectivity index (χ2n) is 4.38. The van der Waals surface area contributed by atoms with E-state index >= 15 is 0 Å². The van der Waals surface area contributed by atoms with E-state index in [1.807, 2.05) is 18.2 Å². The van der Waals surface area contributed by atoms with Crippen LogP contribution in [-0.2, 0) is 11.3 Å². The van der Waals surface area contributed by atoms with E-state index in [1.54, 1.807) is 12.2 Å². The van der Waals surface area contributed by atoms with Crippen molar-refractivity contribution >= 4 is 21.8 Å². The lowest BCUT2D eigenvalue weighted by atomic mass is 10.1. The summed E-state index contributed by atoms with van der Waals surface area (Å²) in [7, 11) is 0. The molecular weight excluding hydrogens is 334 g/mol. The second kappa shape index (κ2) is 7.13. The normalized spacial score (nSPS) is 13.5. The molecule has 1 aliphatic heterocycles. The largest absolute Gasteiger partial charge is 0.486 e. The zero-order chi connectivity index (χ0) is 15.2. The third kappa shape index (κ3) is 3.98. The predicted molar refractivity (Wildman–Crippen MR) is 85.6 cm³/mol. The molecule has 110 valence electrons. The lowest BCUT2D eigenvalue weighted by Gasteiger charge is -2.19. The molecule has 5 heteroatoms. The van der Waals surface area contributed by atoms with Gasteiger partial charge in [0, 0.05) is 11.0 Å². The number of allylic oxidation sites excluding steroid dienone is 2. The highest BCUT2D eigenvalue weighted by atomic mass is 79.9. The first-order valence-electron chi connectivity index (χ1n) is 6.46. The van der Waals surface area contributed by atoms with Gasteiger partial charge in [-0.1, -0.05) is 41.2 Å². The number of hydrogen-bond donors (Lipinski definition) is 1. The van der Waals surface area contributed by atoms with Crippen LogP contribution in [0, 0.1) is 0 Å². The van der Waals surface area contributed by atoms with Gasteiger partial charge in [-0.15, -0.1) is 0 Å². The summed E-state index contributed by atoms with van der Waals surface area (Å²) in [5.41, 5.74) is 1.38. The van der Waals surface area contributed by atoms with E-state index in [4.69, 9.17) is 9.47 Å². The van der Waals surface area contributed by atoms with Gasteiger partial charge in [-0.05, 0) is 23.8 Å². The fraction of sp³-hybridized carbons (Fsp3) is 0.188. The number of fused-ring (bicyclic) bond motifs is 1. The molecular formula is C16H16BrNO3. The van der Waals surface area contributed by atoms with Gasteiger partial charge in [0.25, 0.3) is 5.91 Å². The van der Waals surface area contributed by atoms with Gasteiger partial charge in [-0.2, -0.15) is 0 Å². The van der Waals surface area contributed by atoms with Crippen molar-refractivity contribution in [2.75, 3.05) is 13.2 Å². The molecule has 0 fully saturated rings. The van der Waals surface area contributed by atoms with Gasteiger partial charge in [0.15, 0.2) is 11.5 Å². The molecule has 0 aliphatic carbocycles. The third-order valence-electron chi connectivity index (χ3n) is 2.88. The van der Waals surface area contributed by atoms with Crippen LogP contribution >= 0.6 is 15.9 Å². The average Bonchev–Trinajstić information content (AvgIpc) is 2.49. The van der Waals surface area contributed by atoms with Crippen LogP contribution in [0.4, 0.5) is 0 Å². The topological polar surface area (TPSA) is 47.6 Å². The summed E-state index contributed by atoms with van der Waals surface area (Å²) in [6.07, 6.45) is 3.15. The zero-order valence-corrected chi connectivity index (χ0v) is 13.1. The van der Waals surface area contributed by atoms with Crippen molar-refractivity contribution in [2.45, 2.75) is 6.54 Å². The minimum absolute atomic E-state index is 0.216. The molecule has 0 spiro atoms. The number of hydrogen-bond acceptors (Lipinski definition) is 3. The number of halogens is 1. The first-order valence-corrected chi connectivity index (χ1v) is 7.25. The Morgan fingerprint density at radius 3 is 2.71 bits per heavy atom. The molecule has 2 rings (SSSR count). The van der Waals surface area contributed by atoms with Crippen LogP contribution in [0.2, 0.25) is 0 Å². The maximum absolute atomic E-state index is 12.1. The quantitative estimate of drug-likeness (QED) is 0.656. The number of rotatable bonds is 5. The second-order valence-corrected chi connectivity index (χ2v) is 5.34. The van der Waals surface area contributed by atoms with Gasteiger partial charge in [0.05, 0.1) is 5.57 Å². The number of carbonyl (C=O) groups is 1. The fourth-order valence-corrected chi connectivity index (χ4v) is 2.19. The van der Waals surface area contributed by atoms with E-state index in [2.05, 4.69) is 34.4 Å². The van der Waals surface area contributed by atoms with E-state index in [0.717, 1.165) is 11.3 Å². The summed E-state index contributed by atoms with van der Waals surface area (Å²) in [5, 5.41) is 2.83. The number of ether oxygens (including phenoxy) is 2. The number of benzene rings is 1. The minimum atomic E-state index is -0.216. The third-order valence-corrected chi connectivity index (χ3v) is 3.31. The van der Waals surface area contributed by atoms with Crippen molar-refractivity contribution in [3.63, 3.8) is 0 Å². The molecule has 1 N–H and O–H groups in total. The van der Waals surface area contributed by atoms with E-state index in [0.29, 0.717) is 35.6 Å². The Bertz CT molecular complexity index is 608. The first-order chi connectivity index (χ1) is 10.1. The van der Waals surface area contributed by atoms with Crippen molar-refractivity contribution < 1.29 is 14.3 Å².